The topological polar surface area (TPSA) is 68.5 Å². The second-order valence-electron chi connectivity index (χ2n) is 8.51. The van der Waals surface area contributed by atoms with Crippen LogP contribution in [0.5, 0.6) is 11.5 Å². The van der Waals surface area contributed by atoms with Gasteiger partial charge in [-0.1, -0.05) is 26.7 Å². The Morgan fingerprint density at radius 1 is 1.16 bits per heavy atom. The molecule has 1 aromatic carbocycles. The molecule has 168 valence electrons. The number of rotatable bonds is 3. The number of hydrogen-bond donors (Lipinski definition) is 1. The SMILES string of the molecule is CCC.NC1CCCC(C(=O)N2CCc3ncc(Oc4ccc(F)cc4)cc3C2)CC1. The molecular formula is C25H34FN3O2. The van der Waals surface area contributed by atoms with Gasteiger partial charge in [-0.2, -0.15) is 0 Å². The average molecular weight is 428 g/mol. The van der Waals surface area contributed by atoms with E-state index < -0.39 is 0 Å². The second kappa shape index (κ2) is 11.2. The molecule has 2 aromatic rings. The van der Waals surface area contributed by atoms with Crippen LogP contribution in [0, 0.1) is 11.7 Å². The Hall–Kier alpha value is -2.47. The van der Waals surface area contributed by atoms with Crippen LogP contribution in [-0.4, -0.2) is 28.4 Å². The minimum absolute atomic E-state index is 0.0849. The molecule has 6 heteroatoms. The van der Waals surface area contributed by atoms with Crippen molar-refractivity contribution in [2.45, 2.75) is 71.4 Å². The van der Waals surface area contributed by atoms with Crippen molar-refractivity contribution >= 4 is 5.91 Å². The summed E-state index contributed by atoms with van der Waals surface area (Å²) in [7, 11) is 0. The number of halogens is 1. The third-order valence-electron chi connectivity index (χ3n) is 5.74. The first-order valence-electron chi connectivity index (χ1n) is 11.5. The largest absolute Gasteiger partial charge is 0.456 e. The van der Waals surface area contributed by atoms with E-state index in [2.05, 4.69) is 18.8 Å². The zero-order chi connectivity index (χ0) is 22.2. The molecule has 0 saturated heterocycles. The molecule has 0 spiro atoms. The van der Waals surface area contributed by atoms with Crippen molar-refractivity contribution in [3.05, 3.63) is 53.6 Å². The number of benzene rings is 1. The molecule has 2 unspecified atom stereocenters. The third-order valence-corrected chi connectivity index (χ3v) is 5.74. The summed E-state index contributed by atoms with van der Waals surface area (Å²) >= 11 is 0. The van der Waals surface area contributed by atoms with Crippen molar-refractivity contribution in [1.29, 1.82) is 0 Å². The molecule has 0 bridgehead atoms. The van der Waals surface area contributed by atoms with E-state index in [1.165, 1.54) is 18.6 Å². The van der Waals surface area contributed by atoms with Gasteiger partial charge >= 0.3 is 0 Å². The van der Waals surface area contributed by atoms with E-state index in [0.29, 0.717) is 24.6 Å². The molecule has 2 heterocycles. The number of hydrogen-bond acceptors (Lipinski definition) is 4. The standard InChI is InChI=1S/C22H26FN3O2.C3H8/c23-17-5-8-19(9-6-17)28-20-12-16-14-26(11-10-21(16)25-13-20)22(27)15-2-1-3-18(24)7-4-15;1-3-2/h5-6,8-9,12-13,15,18H,1-4,7,10-11,14,24H2;3H2,1-2H3. The number of aromatic nitrogens is 1. The Balaban J connectivity index is 0.000000858. The fraction of sp³-hybridized carbons (Fsp3) is 0.520. The Bertz CT molecular complexity index is 856. The lowest BCUT2D eigenvalue weighted by Crippen LogP contribution is -2.40. The molecular weight excluding hydrogens is 393 g/mol. The average Bonchev–Trinajstić information content (AvgIpc) is 2.99. The number of carbonyl (C=O) groups excluding carboxylic acids is 1. The molecule has 0 radical (unpaired) electrons. The van der Waals surface area contributed by atoms with Crippen molar-refractivity contribution in [1.82, 2.24) is 9.88 Å². The van der Waals surface area contributed by atoms with Crippen LogP contribution in [0.3, 0.4) is 0 Å². The van der Waals surface area contributed by atoms with Gasteiger partial charge in [-0.05, 0) is 61.6 Å². The number of carbonyl (C=O) groups is 1. The highest BCUT2D eigenvalue weighted by Gasteiger charge is 2.29. The van der Waals surface area contributed by atoms with Gasteiger partial charge in [0.1, 0.15) is 17.3 Å². The summed E-state index contributed by atoms with van der Waals surface area (Å²) in [5, 5.41) is 0. The van der Waals surface area contributed by atoms with Crippen LogP contribution in [0.15, 0.2) is 36.5 Å². The van der Waals surface area contributed by atoms with Crippen LogP contribution in [-0.2, 0) is 17.8 Å². The van der Waals surface area contributed by atoms with Gasteiger partial charge in [0.15, 0.2) is 0 Å². The summed E-state index contributed by atoms with van der Waals surface area (Å²) in [6, 6.07) is 8.06. The Kier molecular flexibility index (Phi) is 8.41. The van der Waals surface area contributed by atoms with Crippen LogP contribution in [0.2, 0.25) is 0 Å². The quantitative estimate of drug-likeness (QED) is 0.682. The summed E-state index contributed by atoms with van der Waals surface area (Å²) in [4.78, 5) is 19.5. The van der Waals surface area contributed by atoms with Crippen molar-refractivity contribution in [2.75, 3.05) is 6.54 Å². The number of fused-ring (bicyclic) bond motifs is 1. The van der Waals surface area contributed by atoms with Gasteiger partial charge in [0.25, 0.3) is 0 Å². The fourth-order valence-electron chi connectivity index (χ4n) is 4.12. The number of ether oxygens (including phenoxy) is 1. The summed E-state index contributed by atoms with van der Waals surface area (Å²) in [6.45, 7) is 5.52. The Morgan fingerprint density at radius 2 is 1.90 bits per heavy atom. The summed E-state index contributed by atoms with van der Waals surface area (Å²) in [5.74, 6) is 1.18. The zero-order valence-electron chi connectivity index (χ0n) is 18.6. The van der Waals surface area contributed by atoms with Gasteiger partial charge in [0, 0.05) is 37.2 Å². The second-order valence-corrected chi connectivity index (χ2v) is 8.51. The maximum absolute atomic E-state index is 13.1. The molecule has 2 atom stereocenters. The summed E-state index contributed by atoms with van der Waals surface area (Å²) in [5.41, 5.74) is 8.09. The van der Waals surface area contributed by atoms with Crippen molar-refractivity contribution in [2.24, 2.45) is 11.7 Å². The van der Waals surface area contributed by atoms with E-state index >= 15 is 0 Å². The smallest absolute Gasteiger partial charge is 0.225 e. The molecule has 1 aromatic heterocycles. The maximum atomic E-state index is 13.1. The fourth-order valence-corrected chi connectivity index (χ4v) is 4.12. The molecule has 31 heavy (non-hydrogen) atoms. The number of pyridine rings is 1. The molecule has 2 aliphatic rings. The van der Waals surface area contributed by atoms with Gasteiger partial charge in [0.05, 0.1) is 6.20 Å². The lowest BCUT2D eigenvalue weighted by Gasteiger charge is -2.31. The lowest BCUT2D eigenvalue weighted by molar-refractivity contribution is -0.137. The van der Waals surface area contributed by atoms with Gasteiger partial charge in [0.2, 0.25) is 5.91 Å². The number of nitrogens with two attached hydrogens (primary N) is 1. The maximum Gasteiger partial charge on any atom is 0.225 e. The highest BCUT2D eigenvalue weighted by Crippen LogP contribution is 2.29. The first-order valence-corrected chi connectivity index (χ1v) is 11.5. The van der Waals surface area contributed by atoms with Crippen molar-refractivity contribution in [3.8, 4) is 11.5 Å². The molecule has 2 N–H and O–H groups in total. The first kappa shape index (κ1) is 23.2. The van der Waals surface area contributed by atoms with Gasteiger partial charge in [-0.15, -0.1) is 0 Å². The number of amides is 1. The zero-order valence-corrected chi connectivity index (χ0v) is 18.6. The highest BCUT2D eigenvalue weighted by atomic mass is 19.1. The third kappa shape index (κ3) is 6.50. The van der Waals surface area contributed by atoms with Crippen molar-refractivity contribution < 1.29 is 13.9 Å². The van der Waals surface area contributed by atoms with Crippen LogP contribution >= 0.6 is 0 Å². The minimum Gasteiger partial charge on any atom is -0.456 e. The van der Waals surface area contributed by atoms with E-state index in [-0.39, 0.29) is 23.7 Å². The van der Waals surface area contributed by atoms with Gasteiger partial charge in [-0.25, -0.2) is 4.39 Å². The van der Waals surface area contributed by atoms with E-state index in [9.17, 15) is 9.18 Å². The van der Waals surface area contributed by atoms with Gasteiger partial charge in [-0.3, -0.25) is 9.78 Å². The van der Waals surface area contributed by atoms with Crippen LogP contribution < -0.4 is 10.5 Å². The molecule has 1 aliphatic carbocycles. The van der Waals surface area contributed by atoms with E-state index in [0.717, 1.165) is 49.8 Å². The van der Waals surface area contributed by atoms with E-state index in [1.807, 2.05) is 11.0 Å². The molecule has 1 saturated carbocycles. The van der Waals surface area contributed by atoms with Gasteiger partial charge < -0.3 is 15.4 Å². The lowest BCUT2D eigenvalue weighted by atomic mass is 9.96. The van der Waals surface area contributed by atoms with Crippen LogP contribution in [0.1, 0.15) is 63.6 Å². The van der Waals surface area contributed by atoms with Crippen LogP contribution in [0.4, 0.5) is 4.39 Å². The molecule has 1 aliphatic heterocycles. The molecule has 4 rings (SSSR count). The molecule has 1 fully saturated rings. The Labute approximate surface area is 184 Å². The predicted molar refractivity (Wildman–Crippen MR) is 120 cm³/mol. The monoisotopic (exact) mass is 427 g/mol. The van der Waals surface area contributed by atoms with Crippen molar-refractivity contribution in [3.63, 3.8) is 0 Å². The van der Waals surface area contributed by atoms with E-state index in [4.69, 9.17) is 10.5 Å². The first-order chi connectivity index (χ1) is 15.0. The summed E-state index contributed by atoms with van der Waals surface area (Å²) in [6.07, 6.45) is 8.48. The van der Waals surface area contributed by atoms with Crippen LogP contribution in [0.25, 0.3) is 0 Å². The highest BCUT2D eigenvalue weighted by molar-refractivity contribution is 5.79. The normalized spacial score (nSPS) is 20.7. The molecule has 5 nitrogen and oxygen atoms in total. The number of nitrogens with zero attached hydrogens (tertiary/aromatic N) is 2. The molecule has 1 amide bonds. The van der Waals surface area contributed by atoms with E-state index in [1.54, 1.807) is 18.3 Å². The Morgan fingerprint density at radius 3 is 2.65 bits per heavy atom. The predicted octanol–water partition coefficient (Wildman–Crippen LogP) is 5.22. The summed E-state index contributed by atoms with van der Waals surface area (Å²) < 4.78 is 18.9. The minimum atomic E-state index is -0.301.